The van der Waals surface area contributed by atoms with E-state index in [1.54, 1.807) is 0 Å². The Morgan fingerprint density at radius 2 is 2.11 bits per heavy atom. The van der Waals surface area contributed by atoms with Gasteiger partial charge in [-0.2, -0.15) is 4.98 Å². The monoisotopic (exact) mass is 281 g/mol. The van der Waals surface area contributed by atoms with Gasteiger partial charge in [-0.05, 0) is 17.5 Å². The molecule has 1 aromatic carbocycles. The highest BCUT2D eigenvalue weighted by Gasteiger charge is 2.13. The number of benzene rings is 1. The molecule has 18 heavy (non-hydrogen) atoms. The topological polar surface area (TPSA) is 39.2 Å². The van der Waals surface area contributed by atoms with Crippen LogP contribution in [0.2, 0.25) is 5.15 Å². The average molecular weight is 282 g/mol. The Balaban J connectivity index is 2.30. The number of thiazole rings is 1. The molecule has 0 fully saturated rings. The third-order valence-electron chi connectivity index (χ3n) is 2.44. The molecule has 3 nitrogen and oxygen atoms in total. The van der Waals surface area contributed by atoms with Crippen molar-refractivity contribution in [2.24, 2.45) is 0 Å². The fourth-order valence-electron chi connectivity index (χ4n) is 1.56. The van der Waals surface area contributed by atoms with E-state index in [2.05, 4.69) is 18.8 Å². The van der Waals surface area contributed by atoms with Crippen molar-refractivity contribution in [1.29, 1.82) is 0 Å². The Labute approximate surface area is 114 Å². The van der Waals surface area contributed by atoms with Crippen LogP contribution in [0, 0.1) is 0 Å². The van der Waals surface area contributed by atoms with Crippen LogP contribution in [0.3, 0.4) is 0 Å². The number of aldehydes is 1. The SMILES string of the molecule is CC(C)c1ccccc1Oc1nc(Cl)c(C=O)s1. The molecule has 2 rings (SSSR count). The van der Waals surface area contributed by atoms with Gasteiger partial charge in [-0.1, -0.05) is 55.0 Å². The fraction of sp³-hybridized carbons (Fsp3) is 0.231. The van der Waals surface area contributed by atoms with Crippen molar-refractivity contribution < 1.29 is 9.53 Å². The number of rotatable bonds is 4. The Hall–Kier alpha value is -1.39. The summed E-state index contributed by atoms with van der Waals surface area (Å²) in [5.41, 5.74) is 1.09. The van der Waals surface area contributed by atoms with Gasteiger partial charge in [-0.15, -0.1) is 0 Å². The van der Waals surface area contributed by atoms with Crippen molar-refractivity contribution in [2.45, 2.75) is 19.8 Å². The molecule has 0 aliphatic heterocycles. The minimum atomic E-state index is 0.187. The fourth-order valence-corrected chi connectivity index (χ4v) is 2.48. The van der Waals surface area contributed by atoms with Gasteiger partial charge in [0.25, 0.3) is 5.19 Å². The number of nitrogens with zero attached hydrogens (tertiary/aromatic N) is 1. The molecular formula is C13H12ClNO2S. The normalized spacial score (nSPS) is 10.7. The van der Waals surface area contributed by atoms with Crippen LogP contribution in [-0.4, -0.2) is 11.3 Å². The highest BCUT2D eigenvalue weighted by atomic mass is 35.5. The predicted molar refractivity (Wildman–Crippen MR) is 73.1 cm³/mol. The number of para-hydroxylation sites is 1. The number of carbonyl (C=O) groups excluding carboxylic acids is 1. The number of ether oxygens (including phenoxy) is 1. The van der Waals surface area contributed by atoms with E-state index in [1.165, 1.54) is 0 Å². The molecule has 0 bridgehead atoms. The summed E-state index contributed by atoms with van der Waals surface area (Å²) in [5.74, 6) is 1.09. The Morgan fingerprint density at radius 3 is 2.72 bits per heavy atom. The summed E-state index contributed by atoms with van der Waals surface area (Å²) in [6.45, 7) is 4.18. The zero-order valence-corrected chi connectivity index (χ0v) is 11.6. The van der Waals surface area contributed by atoms with Crippen molar-refractivity contribution in [3.8, 4) is 10.9 Å². The van der Waals surface area contributed by atoms with E-state index in [1.807, 2.05) is 24.3 Å². The number of halogens is 1. The lowest BCUT2D eigenvalue weighted by Gasteiger charge is -2.11. The summed E-state index contributed by atoms with van der Waals surface area (Å²) in [6.07, 6.45) is 0.682. The molecule has 0 atom stereocenters. The van der Waals surface area contributed by atoms with Gasteiger partial charge in [0.15, 0.2) is 11.4 Å². The first-order chi connectivity index (χ1) is 8.61. The molecule has 0 amide bonds. The second kappa shape index (κ2) is 5.50. The van der Waals surface area contributed by atoms with Gasteiger partial charge in [0.2, 0.25) is 0 Å². The van der Waals surface area contributed by atoms with Crippen LogP contribution in [0.4, 0.5) is 0 Å². The Morgan fingerprint density at radius 1 is 1.39 bits per heavy atom. The van der Waals surface area contributed by atoms with Crippen molar-refractivity contribution in [2.75, 3.05) is 0 Å². The largest absolute Gasteiger partial charge is 0.431 e. The van der Waals surface area contributed by atoms with Crippen LogP contribution < -0.4 is 4.74 Å². The van der Waals surface area contributed by atoms with Crippen LogP contribution in [-0.2, 0) is 0 Å². The predicted octanol–water partition coefficient (Wildman–Crippen LogP) is 4.52. The minimum Gasteiger partial charge on any atom is -0.431 e. The molecule has 5 heteroatoms. The van der Waals surface area contributed by atoms with E-state index in [-0.39, 0.29) is 5.15 Å². The summed E-state index contributed by atoms with van der Waals surface area (Å²) in [7, 11) is 0. The first-order valence-electron chi connectivity index (χ1n) is 5.50. The van der Waals surface area contributed by atoms with E-state index in [4.69, 9.17) is 16.3 Å². The highest BCUT2D eigenvalue weighted by molar-refractivity contribution is 7.15. The summed E-state index contributed by atoms with van der Waals surface area (Å²) >= 11 is 6.94. The molecule has 0 aliphatic carbocycles. The number of carbonyl (C=O) groups is 1. The molecule has 1 aromatic heterocycles. The van der Waals surface area contributed by atoms with Crippen LogP contribution in [0.25, 0.3) is 0 Å². The molecule has 0 unspecified atom stereocenters. The second-order valence-electron chi connectivity index (χ2n) is 4.05. The van der Waals surface area contributed by atoms with Crippen molar-refractivity contribution in [3.63, 3.8) is 0 Å². The van der Waals surface area contributed by atoms with E-state index in [0.717, 1.165) is 22.6 Å². The molecule has 0 N–H and O–H groups in total. The first kappa shape index (κ1) is 13.1. The summed E-state index contributed by atoms with van der Waals surface area (Å²) < 4.78 is 5.70. The molecule has 0 spiro atoms. The Kier molecular flexibility index (Phi) is 3.99. The average Bonchev–Trinajstić information content (AvgIpc) is 2.70. The molecule has 0 aliphatic rings. The quantitative estimate of drug-likeness (QED) is 0.773. The molecule has 0 saturated heterocycles. The summed E-state index contributed by atoms with van der Waals surface area (Å²) in [6, 6.07) is 7.76. The maximum atomic E-state index is 10.7. The van der Waals surface area contributed by atoms with Crippen LogP contribution in [0.15, 0.2) is 24.3 Å². The maximum absolute atomic E-state index is 10.7. The van der Waals surface area contributed by atoms with Crippen LogP contribution >= 0.6 is 22.9 Å². The molecular weight excluding hydrogens is 270 g/mol. The number of hydrogen-bond acceptors (Lipinski definition) is 4. The van der Waals surface area contributed by atoms with Crippen LogP contribution in [0.5, 0.6) is 10.9 Å². The summed E-state index contributed by atoms with van der Waals surface area (Å²) in [5, 5.41) is 0.572. The third-order valence-corrected chi connectivity index (χ3v) is 3.69. The van der Waals surface area contributed by atoms with Gasteiger partial charge in [0, 0.05) is 0 Å². The molecule has 0 saturated carbocycles. The zero-order valence-electron chi connectivity index (χ0n) is 10.0. The Bertz CT molecular complexity index is 566. The summed E-state index contributed by atoms with van der Waals surface area (Å²) in [4.78, 5) is 15.1. The van der Waals surface area contributed by atoms with Gasteiger partial charge in [-0.25, -0.2) is 0 Å². The van der Waals surface area contributed by atoms with Gasteiger partial charge in [0.1, 0.15) is 10.6 Å². The second-order valence-corrected chi connectivity index (χ2v) is 5.40. The minimum absolute atomic E-state index is 0.187. The smallest absolute Gasteiger partial charge is 0.280 e. The first-order valence-corrected chi connectivity index (χ1v) is 6.69. The molecule has 94 valence electrons. The van der Waals surface area contributed by atoms with Gasteiger partial charge in [0.05, 0.1) is 0 Å². The van der Waals surface area contributed by atoms with Crippen molar-refractivity contribution in [3.05, 3.63) is 39.9 Å². The highest BCUT2D eigenvalue weighted by Crippen LogP contribution is 2.34. The third kappa shape index (κ3) is 2.71. The van der Waals surface area contributed by atoms with E-state index >= 15 is 0 Å². The van der Waals surface area contributed by atoms with Gasteiger partial charge in [-0.3, -0.25) is 4.79 Å². The lowest BCUT2D eigenvalue weighted by molar-refractivity contribution is 0.112. The lowest BCUT2D eigenvalue weighted by atomic mass is 10.0. The van der Waals surface area contributed by atoms with E-state index in [9.17, 15) is 4.79 Å². The molecule has 0 radical (unpaired) electrons. The van der Waals surface area contributed by atoms with E-state index in [0.29, 0.717) is 22.3 Å². The number of aromatic nitrogens is 1. The number of hydrogen-bond donors (Lipinski definition) is 0. The zero-order chi connectivity index (χ0) is 13.1. The van der Waals surface area contributed by atoms with Gasteiger partial charge >= 0.3 is 0 Å². The van der Waals surface area contributed by atoms with E-state index < -0.39 is 0 Å². The molecule has 2 aromatic rings. The van der Waals surface area contributed by atoms with Crippen molar-refractivity contribution >= 4 is 29.2 Å². The van der Waals surface area contributed by atoms with Gasteiger partial charge < -0.3 is 4.74 Å². The maximum Gasteiger partial charge on any atom is 0.280 e. The molecule has 1 heterocycles. The standard InChI is InChI=1S/C13H12ClNO2S/c1-8(2)9-5-3-4-6-10(9)17-13-15-12(14)11(7-16)18-13/h3-8H,1-2H3. The lowest BCUT2D eigenvalue weighted by Crippen LogP contribution is -1.93. The van der Waals surface area contributed by atoms with Crippen LogP contribution in [0.1, 0.15) is 35.0 Å². The van der Waals surface area contributed by atoms with Crippen molar-refractivity contribution in [1.82, 2.24) is 4.98 Å².